The van der Waals surface area contributed by atoms with Crippen LogP contribution >= 0.6 is 0 Å². The first-order chi connectivity index (χ1) is 7.22. The number of hydrogen-bond acceptors (Lipinski definition) is 3. The van der Waals surface area contributed by atoms with Gasteiger partial charge in [-0.2, -0.15) is 0 Å². The summed E-state index contributed by atoms with van der Waals surface area (Å²) in [4.78, 5) is 11.0. The fourth-order valence-electron chi connectivity index (χ4n) is 2.25. The van der Waals surface area contributed by atoms with E-state index in [1.807, 2.05) is 6.92 Å². The summed E-state index contributed by atoms with van der Waals surface area (Å²) in [7, 11) is 0. The molecule has 1 N–H and O–H groups in total. The molecule has 0 radical (unpaired) electrons. The van der Waals surface area contributed by atoms with Gasteiger partial charge in [-0.1, -0.05) is 0 Å². The molecule has 2 rings (SSSR count). The van der Waals surface area contributed by atoms with E-state index in [0.29, 0.717) is 25.6 Å². The van der Waals surface area contributed by atoms with Crippen molar-refractivity contribution in [3.05, 3.63) is 0 Å². The highest BCUT2D eigenvalue weighted by molar-refractivity contribution is 5.71. The van der Waals surface area contributed by atoms with E-state index in [1.165, 1.54) is 0 Å². The summed E-state index contributed by atoms with van der Waals surface area (Å²) in [6.07, 6.45) is 2.77. The predicted octanol–water partition coefficient (Wildman–Crippen LogP) is 1.29. The highest BCUT2D eigenvalue weighted by atomic mass is 16.5. The second kappa shape index (κ2) is 4.49. The van der Waals surface area contributed by atoms with E-state index in [9.17, 15) is 4.79 Å². The molecule has 86 valence electrons. The van der Waals surface area contributed by atoms with E-state index >= 15 is 0 Å². The first kappa shape index (κ1) is 10.9. The van der Waals surface area contributed by atoms with Crippen LogP contribution in [0.5, 0.6) is 0 Å². The molecule has 0 bridgehead atoms. The lowest BCUT2D eigenvalue weighted by molar-refractivity contribution is -0.144. The molecule has 1 saturated carbocycles. The van der Waals surface area contributed by atoms with Crippen LogP contribution in [0.1, 0.15) is 26.2 Å². The Morgan fingerprint density at radius 1 is 1.53 bits per heavy atom. The Hall–Kier alpha value is -0.610. The van der Waals surface area contributed by atoms with E-state index in [2.05, 4.69) is 0 Å². The normalized spacial score (nSPS) is 35.7. The molecule has 1 heterocycles. The smallest absolute Gasteiger partial charge is 0.309 e. The highest BCUT2D eigenvalue weighted by Gasteiger charge is 2.47. The van der Waals surface area contributed by atoms with Gasteiger partial charge in [0, 0.05) is 6.61 Å². The Morgan fingerprint density at radius 3 is 2.80 bits per heavy atom. The van der Waals surface area contributed by atoms with Gasteiger partial charge in [-0.15, -0.1) is 0 Å². The van der Waals surface area contributed by atoms with Crippen molar-refractivity contribution in [2.45, 2.75) is 38.4 Å². The van der Waals surface area contributed by atoms with Gasteiger partial charge >= 0.3 is 5.97 Å². The zero-order chi connectivity index (χ0) is 10.8. The molecule has 0 aromatic rings. The Labute approximate surface area is 89.6 Å². The van der Waals surface area contributed by atoms with Gasteiger partial charge in [0.1, 0.15) is 0 Å². The molecular formula is C11H18O4. The van der Waals surface area contributed by atoms with Crippen molar-refractivity contribution in [1.29, 1.82) is 0 Å². The minimum absolute atomic E-state index is 0.0170. The van der Waals surface area contributed by atoms with Crippen LogP contribution < -0.4 is 0 Å². The molecule has 0 spiro atoms. The van der Waals surface area contributed by atoms with Gasteiger partial charge in [0.05, 0.1) is 24.7 Å². The molecule has 1 aliphatic carbocycles. The SMILES string of the molecule is CCOCC1CC(C(=O)O)C(C2CC2)O1. The van der Waals surface area contributed by atoms with Gasteiger partial charge in [0.15, 0.2) is 0 Å². The molecular weight excluding hydrogens is 196 g/mol. The summed E-state index contributed by atoms with van der Waals surface area (Å²) < 4.78 is 11.0. The third-order valence-corrected chi connectivity index (χ3v) is 3.17. The summed E-state index contributed by atoms with van der Waals surface area (Å²) in [5, 5.41) is 9.08. The maximum Gasteiger partial charge on any atom is 0.309 e. The Morgan fingerprint density at radius 2 is 2.27 bits per heavy atom. The summed E-state index contributed by atoms with van der Waals surface area (Å²) in [6.45, 7) is 3.12. The Balaban J connectivity index is 1.89. The van der Waals surface area contributed by atoms with Crippen molar-refractivity contribution in [1.82, 2.24) is 0 Å². The predicted molar refractivity (Wildman–Crippen MR) is 53.6 cm³/mol. The van der Waals surface area contributed by atoms with Crippen molar-refractivity contribution in [3.63, 3.8) is 0 Å². The van der Waals surface area contributed by atoms with E-state index in [1.54, 1.807) is 0 Å². The maximum absolute atomic E-state index is 11.0. The summed E-state index contributed by atoms with van der Waals surface area (Å²) in [5.74, 6) is -0.549. The van der Waals surface area contributed by atoms with E-state index < -0.39 is 5.97 Å². The topological polar surface area (TPSA) is 55.8 Å². The van der Waals surface area contributed by atoms with Crippen molar-refractivity contribution in [3.8, 4) is 0 Å². The quantitative estimate of drug-likeness (QED) is 0.749. The monoisotopic (exact) mass is 214 g/mol. The number of carboxylic acids is 1. The van der Waals surface area contributed by atoms with E-state index in [0.717, 1.165) is 12.8 Å². The minimum atomic E-state index is -0.717. The number of carbonyl (C=O) groups is 1. The molecule has 0 aromatic carbocycles. The number of hydrogen-bond donors (Lipinski definition) is 1. The molecule has 2 aliphatic rings. The van der Waals surface area contributed by atoms with Gasteiger partial charge in [-0.3, -0.25) is 4.79 Å². The van der Waals surface area contributed by atoms with Crippen LogP contribution in [0.25, 0.3) is 0 Å². The standard InChI is InChI=1S/C11H18O4/c1-2-14-6-8-5-9(11(12)13)10(15-8)7-3-4-7/h7-10H,2-6H2,1H3,(H,12,13). The molecule has 1 aliphatic heterocycles. The van der Waals surface area contributed by atoms with E-state index in [-0.39, 0.29) is 18.1 Å². The molecule has 3 atom stereocenters. The van der Waals surface area contributed by atoms with Crippen molar-refractivity contribution >= 4 is 5.97 Å². The fourth-order valence-corrected chi connectivity index (χ4v) is 2.25. The average molecular weight is 214 g/mol. The van der Waals surface area contributed by atoms with Gasteiger partial charge in [-0.25, -0.2) is 0 Å². The number of carboxylic acid groups (broad SMARTS) is 1. The van der Waals surface area contributed by atoms with Crippen LogP contribution in [-0.4, -0.2) is 36.5 Å². The number of aliphatic carboxylic acids is 1. The average Bonchev–Trinajstić information content (AvgIpc) is 2.95. The third kappa shape index (κ3) is 2.49. The van der Waals surface area contributed by atoms with Crippen LogP contribution in [0.4, 0.5) is 0 Å². The number of ether oxygens (including phenoxy) is 2. The fraction of sp³-hybridized carbons (Fsp3) is 0.909. The van der Waals surface area contributed by atoms with Crippen LogP contribution in [-0.2, 0) is 14.3 Å². The maximum atomic E-state index is 11.0. The largest absolute Gasteiger partial charge is 0.481 e. The lowest BCUT2D eigenvalue weighted by Crippen LogP contribution is -2.25. The van der Waals surface area contributed by atoms with Gasteiger partial charge in [0.25, 0.3) is 0 Å². The molecule has 0 amide bonds. The summed E-state index contributed by atoms with van der Waals surface area (Å²) in [6, 6.07) is 0. The van der Waals surface area contributed by atoms with E-state index in [4.69, 9.17) is 14.6 Å². The van der Waals surface area contributed by atoms with Crippen LogP contribution in [0.2, 0.25) is 0 Å². The molecule has 4 nitrogen and oxygen atoms in total. The first-order valence-electron chi connectivity index (χ1n) is 5.68. The molecule has 15 heavy (non-hydrogen) atoms. The second-order valence-corrected chi connectivity index (χ2v) is 4.40. The van der Waals surface area contributed by atoms with Crippen LogP contribution in [0, 0.1) is 11.8 Å². The Kier molecular flexibility index (Phi) is 3.26. The van der Waals surface area contributed by atoms with Crippen LogP contribution in [0.15, 0.2) is 0 Å². The lowest BCUT2D eigenvalue weighted by Gasteiger charge is -2.14. The van der Waals surface area contributed by atoms with Crippen molar-refractivity contribution in [2.24, 2.45) is 11.8 Å². The lowest BCUT2D eigenvalue weighted by atomic mass is 9.96. The van der Waals surface area contributed by atoms with Crippen LogP contribution in [0.3, 0.4) is 0 Å². The van der Waals surface area contributed by atoms with Gasteiger partial charge < -0.3 is 14.6 Å². The number of rotatable bonds is 5. The Bertz CT molecular complexity index is 237. The molecule has 4 heteroatoms. The highest BCUT2D eigenvalue weighted by Crippen LogP contribution is 2.43. The van der Waals surface area contributed by atoms with Gasteiger partial charge in [-0.05, 0) is 32.1 Å². The molecule has 3 unspecified atom stereocenters. The summed E-state index contributed by atoms with van der Waals surface area (Å²) >= 11 is 0. The van der Waals surface area contributed by atoms with Crippen molar-refractivity contribution in [2.75, 3.05) is 13.2 Å². The minimum Gasteiger partial charge on any atom is -0.481 e. The zero-order valence-corrected chi connectivity index (χ0v) is 9.02. The molecule has 2 fully saturated rings. The zero-order valence-electron chi connectivity index (χ0n) is 9.02. The third-order valence-electron chi connectivity index (χ3n) is 3.17. The molecule has 0 aromatic heterocycles. The summed E-state index contributed by atoms with van der Waals surface area (Å²) in [5.41, 5.74) is 0. The van der Waals surface area contributed by atoms with Gasteiger partial charge in [0.2, 0.25) is 0 Å². The molecule has 1 saturated heterocycles. The second-order valence-electron chi connectivity index (χ2n) is 4.40. The first-order valence-corrected chi connectivity index (χ1v) is 5.68. The van der Waals surface area contributed by atoms with Crippen molar-refractivity contribution < 1.29 is 19.4 Å².